The number of nitrogens with zero attached hydrogens (tertiary/aromatic N) is 2. The smallest absolute Gasteiger partial charge is 0.226 e. The predicted molar refractivity (Wildman–Crippen MR) is 109 cm³/mol. The lowest BCUT2D eigenvalue weighted by molar-refractivity contribution is -0.114. The summed E-state index contributed by atoms with van der Waals surface area (Å²) in [5.74, 6) is 0.878. The minimum atomic E-state index is -0.149. The number of fused-ring (bicyclic) bond motifs is 3. The van der Waals surface area contributed by atoms with E-state index >= 15 is 0 Å². The molecule has 1 atom stereocenters. The first-order valence-corrected chi connectivity index (χ1v) is 10.1. The molecule has 2 heterocycles. The van der Waals surface area contributed by atoms with Crippen molar-refractivity contribution in [3.63, 3.8) is 0 Å². The molecule has 6 nitrogen and oxygen atoms in total. The third-order valence-electron chi connectivity index (χ3n) is 4.92. The van der Waals surface area contributed by atoms with Crippen molar-refractivity contribution in [1.82, 2.24) is 9.97 Å². The third-order valence-corrected chi connectivity index (χ3v) is 6.09. The summed E-state index contributed by atoms with van der Waals surface area (Å²) in [6, 6.07) is 6.77. The van der Waals surface area contributed by atoms with Gasteiger partial charge >= 0.3 is 0 Å². The number of thiophene rings is 1. The molecule has 0 spiro atoms. The monoisotopic (exact) mass is 395 g/mol. The molecule has 0 fully saturated rings. The van der Waals surface area contributed by atoms with Crippen LogP contribution in [-0.4, -0.2) is 28.3 Å². The quantitative estimate of drug-likeness (QED) is 0.660. The van der Waals surface area contributed by atoms with Crippen molar-refractivity contribution in [2.45, 2.75) is 33.1 Å². The molecule has 1 aliphatic rings. The van der Waals surface area contributed by atoms with Crippen LogP contribution in [0.15, 0.2) is 30.6 Å². The van der Waals surface area contributed by atoms with Crippen molar-refractivity contribution in [2.75, 3.05) is 11.9 Å². The number of amides is 1. The van der Waals surface area contributed by atoms with Gasteiger partial charge in [0.05, 0.1) is 5.39 Å². The number of benzene rings is 1. The summed E-state index contributed by atoms with van der Waals surface area (Å²) in [6.45, 7) is 3.62. The van der Waals surface area contributed by atoms with Crippen LogP contribution in [0.4, 0.5) is 5.69 Å². The number of aryl methyl sites for hydroxylation is 1. The highest BCUT2D eigenvalue weighted by molar-refractivity contribution is 7.18. The zero-order valence-corrected chi connectivity index (χ0v) is 16.6. The van der Waals surface area contributed by atoms with Crippen molar-refractivity contribution in [3.05, 3.63) is 46.6 Å². The fourth-order valence-electron chi connectivity index (χ4n) is 3.52. The van der Waals surface area contributed by atoms with Crippen molar-refractivity contribution in [2.24, 2.45) is 5.92 Å². The molecule has 3 aromatic rings. The van der Waals surface area contributed by atoms with Gasteiger partial charge in [-0.25, -0.2) is 9.97 Å². The van der Waals surface area contributed by atoms with E-state index in [1.54, 1.807) is 35.6 Å². The van der Waals surface area contributed by atoms with E-state index in [4.69, 9.17) is 4.74 Å². The standard InChI is InChI=1S/C21H21N3O3S/c1-12-3-8-16-18(9-12)28-21-19(16)20(22-11-23-21)27-10-17(26)14-4-6-15(7-5-14)24-13(2)25/h4-7,11-12H,3,8-10H2,1-2H3,(H,24,25). The Hall–Kier alpha value is -2.80. The molecule has 0 aliphatic heterocycles. The van der Waals surface area contributed by atoms with E-state index < -0.39 is 0 Å². The fraction of sp³-hybridized carbons (Fsp3) is 0.333. The van der Waals surface area contributed by atoms with Gasteiger partial charge in [-0.05, 0) is 55.0 Å². The van der Waals surface area contributed by atoms with E-state index in [9.17, 15) is 9.59 Å². The number of hydrogen-bond donors (Lipinski definition) is 1. The van der Waals surface area contributed by atoms with Gasteiger partial charge in [0.2, 0.25) is 11.8 Å². The largest absolute Gasteiger partial charge is 0.469 e. The fourth-order valence-corrected chi connectivity index (χ4v) is 4.86. The van der Waals surface area contributed by atoms with E-state index in [1.165, 1.54) is 23.7 Å². The zero-order chi connectivity index (χ0) is 19.7. The van der Waals surface area contributed by atoms with Gasteiger partial charge in [-0.3, -0.25) is 9.59 Å². The number of rotatable bonds is 5. The van der Waals surface area contributed by atoms with Crippen LogP contribution in [0.5, 0.6) is 5.88 Å². The lowest BCUT2D eigenvalue weighted by Crippen LogP contribution is -2.13. The van der Waals surface area contributed by atoms with E-state index in [2.05, 4.69) is 22.2 Å². The van der Waals surface area contributed by atoms with Crippen molar-refractivity contribution < 1.29 is 14.3 Å². The number of ether oxygens (including phenoxy) is 1. The maximum atomic E-state index is 12.5. The Morgan fingerprint density at radius 1 is 1.25 bits per heavy atom. The number of carbonyl (C=O) groups excluding carboxylic acids is 2. The summed E-state index contributed by atoms with van der Waals surface area (Å²) in [5.41, 5.74) is 2.46. The highest BCUT2D eigenvalue weighted by atomic mass is 32.1. The van der Waals surface area contributed by atoms with Crippen molar-refractivity contribution in [1.29, 1.82) is 0 Å². The summed E-state index contributed by atoms with van der Waals surface area (Å²) < 4.78 is 5.82. The molecule has 0 saturated carbocycles. The molecule has 0 radical (unpaired) electrons. The molecule has 0 saturated heterocycles. The Morgan fingerprint density at radius 3 is 2.79 bits per heavy atom. The minimum Gasteiger partial charge on any atom is -0.469 e. The second-order valence-electron chi connectivity index (χ2n) is 7.18. The van der Waals surface area contributed by atoms with Crippen LogP contribution in [0.2, 0.25) is 0 Å². The molecular weight excluding hydrogens is 374 g/mol. The van der Waals surface area contributed by atoms with E-state index in [0.29, 0.717) is 23.0 Å². The lowest BCUT2D eigenvalue weighted by atomic mass is 9.89. The molecule has 1 unspecified atom stereocenters. The Balaban J connectivity index is 1.51. The Morgan fingerprint density at radius 2 is 2.04 bits per heavy atom. The first-order valence-electron chi connectivity index (χ1n) is 9.30. The van der Waals surface area contributed by atoms with Crippen LogP contribution in [0.25, 0.3) is 10.2 Å². The Labute approximate surface area is 167 Å². The molecule has 28 heavy (non-hydrogen) atoms. The Bertz CT molecular complexity index is 1040. The maximum Gasteiger partial charge on any atom is 0.226 e. The Kier molecular flexibility index (Phi) is 5.09. The molecule has 1 aliphatic carbocycles. The second-order valence-corrected chi connectivity index (χ2v) is 8.26. The number of carbonyl (C=O) groups is 2. The average molecular weight is 395 g/mol. The molecular formula is C21H21N3O3S. The van der Waals surface area contributed by atoms with Crippen LogP contribution in [0.3, 0.4) is 0 Å². The second kappa shape index (κ2) is 7.67. The SMILES string of the molecule is CC(=O)Nc1ccc(C(=O)COc2ncnc3sc4c(c23)CCC(C)C4)cc1. The van der Waals surface area contributed by atoms with E-state index in [-0.39, 0.29) is 18.3 Å². The van der Waals surface area contributed by atoms with E-state index in [1.807, 2.05) is 0 Å². The number of anilines is 1. The summed E-state index contributed by atoms with van der Waals surface area (Å²) >= 11 is 1.70. The first-order chi connectivity index (χ1) is 13.5. The van der Waals surface area contributed by atoms with Crippen LogP contribution in [0, 0.1) is 5.92 Å². The lowest BCUT2D eigenvalue weighted by Gasteiger charge is -2.18. The van der Waals surface area contributed by atoms with Gasteiger partial charge in [-0.15, -0.1) is 11.3 Å². The van der Waals surface area contributed by atoms with Gasteiger partial charge in [-0.1, -0.05) is 6.92 Å². The highest BCUT2D eigenvalue weighted by Gasteiger charge is 2.24. The van der Waals surface area contributed by atoms with Gasteiger partial charge in [0, 0.05) is 23.1 Å². The van der Waals surface area contributed by atoms with Crippen molar-refractivity contribution >= 4 is 38.9 Å². The number of Topliss-reactive ketones (excluding diaryl/α,β-unsaturated/α-hetero) is 1. The third kappa shape index (κ3) is 3.75. The molecule has 1 aromatic carbocycles. The summed E-state index contributed by atoms with van der Waals surface area (Å²) in [7, 11) is 0. The molecule has 7 heteroatoms. The molecule has 4 rings (SSSR count). The normalized spacial score (nSPS) is 15.9. The molecule has 2 aromatic heterocycles. The van der Waals surface area contributed by atoms with Crippen LogP contribution < -0.4 is 10.1 Å². The molecule has 1 N–H and O–H groups in total. The van der Waals surface area contributed by atoms with Gasteiger partial charge in [0.15, 0.2) is 12.4 Å². The minimum absolute atomic E-state index is 0.0907. The van der Waals surface area contributed by atoms with Gasteiger partial charge < -0.3 is 10.1 Å². The van der Waals surface area contributed by atoms with Crippen LogP contribution >= 0.6 is 11.3 Å². The molecule has 1 amide bonds. The number of hydrogen-bond acceptors (Lipinski definition) is 6. The van der Waals surface area contributed by atoms with Crippen LogP contribution in [0.1, 0.15) is 41.1 Å². The van der Waals surface area contributed by atoms with Crippen LogP contribution in [-0.2, 0) is 17.6 Å². The average Bonchev–Trinajstić information content (AvgIpc) is 3.04. The number of ketones is 1. The first kappa shape index (κ1) is 18.6. The zero-order valence-electron chi connectivity index (χ0n) is 15.8. The number of aromatic nitrogens is 2. The molecule has 0 bridgehead atoms. The predicted octanol–water partition coefficient (Wildman–Crippen LogP) is 4.04. The summed E-state index contributed by atoms with van der Waals surface area (Å²) in [5, 5.41) is 3.64. The summed E-state index contributed by atoms with van der Waals surface area (Å²) in [6.07, 6.45) is 4.71. The highest BCUT2D eigenvalue weighted by Crippen LogP contribution is 2.40. The van der Waals surface area contributed by atoms with E-state index in [0.717, 1.165) is 29.5 Å². The van der Waals surface area contributed by atoms with Gasteiger partial charge in [0.25, 0.3) is 0 Å². The van der Waals surface area contributed by atoms with Gasteiger partial charge in [0.1, 0.15) is 11.2 Å². The summed E-state index contributed by atoms with van der Waals surface area (Å²) in [4.78, 5) is 34.6. The topological polar surface area (TPSA) is 81.2 Å². The van der Waals surface area contributed by atoms with Crippen molar-refractivity contribution in [3.8, 4) is 5.88 Å². The number of nitrogens with one attached hydrogen (secondary N) is 1. The maximum absolute atomic E-state index is 12.5. The van der Waals surface area contributed by atoms with Gasteiger partial charge in [-0.2, -0.15) is 0 Å². The molecule has 144 valence electrons.